The molecule has 1 atom stereocenters. The van der Waals surface area contributed by atoms with Crippen molar-refractivity contribution in [1.82, 2.24) is 5.32 Å². The maximum atomic E-state index is 12.1. The monoisotopic (exact) mass is 376 g/mol. The quantitative estimate of drug-likeness (QED) is 0.475. The second kappa shape index (κ2) is 9.50. The van der Waals surface area contributed by atoms with Gasteiger partial charge in [-0.05, 0) is 24.6 Å². The molecule has 3 N–H and O–H groups in total. The number of furan rings is 1. The van der Waals surface area contributed by atoms with E-state index in [0.717, 1.165) is 10.9 Å². The number of rotatable bonds is 10. The number of amides is 2. The van der Waals surface area contributed by atoms with Crippen LogP contribution in [-0.4, -0.2) is 51.4 Å². The fourth-order valence-corrected chi connectivity index (χ4v) is 3.00. The summed E-state index contributed by atoms with van der Waals surface area (Å²) in [5.41, 5.74) is 6.78. The zero-order valence-electron chi connectivity index (χ0n) is 15.1. The molecule has 0 spiro atoms. The molecule has 1 aromatic heterocycles. The lowest BCUT2D eigenvalue weighted by Gasteiger charge is -2.19. The molecule has 1 saturated heterocycles. The van der Waals surface area contributed by atoms with Crippen LogP contribution in [0.4, 0.5) is 0 Å². The highest BCUT2D eigenvalue weighted by Crippen LogP contribution is 2.34. The van der Waals surface area contributed by atoms with Crippen LogP contribution in [0, 0.1) is 0 Å². The molecule has 2 aromatic rings. The van der Waals surface area contributed by atoms with Crippen molar-refractivity contribution in [2.24, 2.45) is 5.73 Å². The second-order valence-corrected chi connectivity index (χ2v) is 6.21. The zero-order valence-corrected chi connectivity index (χ0v) is 15.1. The van der Waals surface area contributed by atoms with Gasteiger partial charge in [0, 0.05) is 23.9 Å². The van der Waals surface area contributed by atoms with Gasteiger partial charge < -0.3 is 24.4 Å². The van der Waals surface area contributed by atoms with Crippen LogP contribution in [0.3, 0.4) is 0 Å². The van der Waals surface area contributed by atoms with Crippen molar-refractivity contribution < 1.29 is 28.2 Å². The number of imide groups is 1. The van der Waals surface area contributed by atoms with Gasteiger partial charge in [-0.2, -0.15) is 0 Å². The predicted molar refractivity (Wildman–Crippen MR) is 97.5 cm³/mol. The average Bonchev–Trinajstić information content (AvgIpc) is 3.07. The van der Waals surface area contributed by atoms with Gasteiger partial charge in [-0.25, -0.2) is 0 Å². The largest absolute Gasteiger partial charge is 0.491 e. The number of benzene rings is 1. The topological polar surface area (TPSA) is 113 Å². The molecule has 146 valence electrons. The highest BCUT2D eigenvalue weighted by atomic mass is 16.5. The van der Waals surface area contributed by atoms with Crippen LogP contribution in [0.2, 0.25) is 0 Å². The maximum Gasteiger partial charge on any atom is 0.234 e. The van der Waals surface area contributed by atoms with Gasteiger partial charge in [0.15, 0.2) is 0 Å². The van der Waals surface area contributed by atoms with Gasteiger partial charge in [0.1, 0.15) is 17.9 Å². The summed E-state index contributed by atoms with van der Waals surface area (Å²) in [6.07, 6.45) is 2.38. The maximum absolute atomic E-state index is 12.1. The minimum absolute atomic E-state index is 0.235. The van der Waals surface area contributed by atoms with Gasteiger partial charge in [-0.3, -0.25) is 14.9 Å². The normalized spacial score (nSPS) is 17.3. The molecule has 0 radical (unpaired) electrons. The van der Waals surface area contributed by atoms with E-state index in [2.05, 4.69) is 5.32 Å². The molecule has 1 aromatic carbocycles. The second-order valence-electron chi connectivity index (χ2n) is 6.21. The smallest absolute Gasteiger partial charge is 0.234 e. The molecule has 0 bridgehead atoms. The van der Waals surface area contributed by atoms with Gasteiger partial charge in [-0.1, -0.05) is 0 Å². The number of carbonyl (C=O) groups is 2. The van der Waals surface area contributed by atoms with Crippen LogP contribution in [-0.2, 0) is 19.1 Å². The number of fused-ring (bicyclic) bond motifs is 1. The van der Waals surface area contributed by atoms with E-state index >= 15 is 0 Å². The number of nitrogens with one attached hydrogen (secondary N) is 1. The molecule has 2 heterocycles. The Morgan fingerprint density at radius 1 is 1.11 bits per heavy atom. The lowest BCUT2D eigenvalue weighted by molar-refractivity contribution is -0.134. The first-order chi connectivity index (χ1) is 13.2. The number of piperidine rings is 1. The Bertz CT molecular complexity index is 788. The number of carbonyl (C=O) groups excluding carboxylic acids is 2. The SMILES string of the molecule is NCCOCCOCCOc1ccc2occ(C3CCC(=O)NC3=O)c2c1. The lowest BCUT2D eigenvalue weighted by atomic mass is 9.90. The number of ether oxygens (including phenoxy) is 3. The molecule has 1 aliphatic heterocycles. The Labute approximate surface area is 156 Å². The number of nitrogens with two attached hydrogens (primary N) is 1. The molecular weight excluding hydrogens is 352 g/mol. The van der Waals surface area contributed by atoms with E-state index in [4.69, 9.17) is 24.4 Å². The molecule has 27 heavy (non-hydrogen) atoms. The molecule has 3 rings (SSSR count). The van der Waals surface area contributed by atoms with E-state index in [1.807, 2.05) is 18.2 Å². The Morgan fingerprint density at radius 2 is 1.89 bits per heavy atom. The van der Waals surface area contributed by atoms with Crippen molar-refractivity contribution in [3.05, 3.63) is 30.0 Å². The van der Waals surface area contributed by atoms with Crippen molar-refractivity contribution >= 4 is 22.8 Å². The van der Waals surface area contributed by atoms with Crippen molar-refractivity contribution in [3.8, 4) is 5.75 Å². The van der Waals surface area contributed by atoms with E-state index in [9.17, 15) is 9.59 Å². The van der Waals surface area contributed by atoms with Crippen LogP contribution in [0.25, 0.3) is 11.0 Å². The minimum Gasteiger partial charge on any atom is -0.491 e. The molecule has 0 aliphatic carbocycles. The molecule has 1 unspecified atom stereocenters. The van der Waals surface area contributed by atoms with Crippen LogP contribution in [0.15, 0.2) is 28.9 Å². The zero-order chi connectivity index (χ0) is 19.1. The van der Waals surface area contributed by atoms with Crippen LogP contribution < -0.4 is 15.8 Å². The minimum atomic E-state index is -0.393. The first-order valence-electron chi connectivity index (χ1n) is 9.02. The number of hydrogen-bond donors (Lipinski definition) is 2. The Hall–Kier alpha value is -2.42. The molecule has 1 fully saturated rings. The van der Waals surface area contributed by atoms with Crippen molar-refractivity contribution in [2.45, 2.75) is 18.8 Å². The van der Waals surface area contributed by atoms with E-state index in [-0.39, 0.29) is 11.8 Å². The fourth-order valence-electron chi connectivity index (χ4n) is 3.00. The summed E-state index contributed by atoms with van der Waals surface area (Å²) in [7, 11) is 0. The number of hydrogen-bond acceptors (Lipinski definition) is 7. The fraction of sp³-hybridized carbons (Fsp3) is 0.474. The molecule has 8 nitrogen and oxygen atoms in total. The predicted octanol–water partition coefficient (Wildman–Crippen LogP) is 1.32. The van der Waals surface area contributed by atoms with E-state index in [1.54, 1.807) is 6.26 Å². The third-order valence-corrected chi connectivity index (χ3v) is 4.32. The molecule has 8 heteroatoms. The van der Waals surface area contributed by atoms with Crippen molar-refractivity contribution in [2.75, 3.05) is 39.6 Å². The van der Waals surface area contributed by atoms with Gasteiger partial charge >= 0.3 is 0 Å². The van der Waals surface area contributed by atoms with Gasteiger partial charge in [0.25, 0.3) is 0 Å². The summed E-state index contributed by atoms with van der Waals surface area (Å²) in [4.78, 5) is 23.5. The summed E-state index contributed by atoms with van der Waals surface area (Å²) in [5, 5.41) is 3.20. The molecular formula is C19H24N2O6. The third-order valence-electron chi connectivity index (χ3n) is 4.32. The van der Waals surface area contributed by atoms with E-state index in [1.165, 1.54) is 0 Å². The average molecular weight is 376 g/mol. The summed E-state index contributed by atoms with van der Waals surface area (Å²) in [5.74, 6) is -0.247. The summed E-state index contributed by atoms with van der Waals surface area (Å²) < 4.78 is 21.9. The van der Waals surface area contributed by atoms with Crippen molar-refractivity contribution in [3.63, 3.8) is 0 Å². The van der Waals surface area contributed by atoms with Crippen LogP contribution >= 0.6 is 0 Å². The van der Waals surface area contributed by atoms with E-state index < -0.39 is 5.92 Å². The standard InChI is InChI=1S/C19H24N2O6/c20-5-6-24-7-8-25-9-10-26-13-1-3-17-15(11-13)16(12-27-17)14-2-4-18(22)21-19(14)23/h1,3,11-12,14H,2,4-10,20H2,(H,21,22,23). The van der Waals surface area contributed by atoms with Crippen LogP contribution in [0.5, 0.6) is 5.75 Å². The lowest BCUT2D eigenvalue weighted by Crippen LogP contribution is -2.39. The van der Waals surface area contributed by atoms with Gasteiger partial charge in [0.05, 0.1) is 38.6 Å². The Balaban J connectivity index is 1.55. The summed E-state index contributed by atoms with van der Waals surface area (Å²) in [6, 6.07) is 5.47. The van der Waals surface area contributed by atoms with Gasteiger partial charge in [-0.15, -0.1) is 0 Å². The van der Waals surface area contributed by atoms with Gasteiger partial charge in [0.2, 0.25) is 11.8 Å². The molecule has 1 aliphatic rings. The highest BCUT2D eigenvalue weighted by Gasteiger charge is 2.30. The van der Waals surface area contributed by atoms with Crippen molar-refractivity contribution in [1.29, 1.82) is 0 Å². The molecule has 2 amide bonds. The highest BCUT2D eigenvalue weighted by molar-refractivity contribution is 6.02. The first-order valence-corrected chi connectivity index (χ1v) is 9.02. The third kappa shape index (κ3) is 5.06. The Morgan fingerprint density at radius 3 is 2.67 bits per heavy atom. The first kappa shape index (κ1) is 19.3. The summed E-state index contributed by atoms with van der Waals surface area (Å²) >= 11 is 0. The summed E-state index contributed by atoms with van der Waals surface area (Å²) in [6.45, 7) is 2.86. The Kier molecular flexibility index (Phi) is 6.80. The van der Waals surface area contributed by atoms with E-state index in [0.29, 0.717) is 63.8 Å². The molecule has 0 saturated carbocycles. The van der Waals surface area contributed by atoms with Crippen LogP contribution in [0.1, 0.15) is 24.3 Å².